The molecule has 0 saturated heterocycles. The third-order valence-electron chi connectivity index (χ3n) is 16.7. The average Bonchev–Trinajstić information content (AvgIpc) is 2.01. The molecule has 0 aromatic heterocycles. The van der Waals surface area contributed by atoms with Crippen LogP contribution in [-0.4, -0.2) is 47.5 Å². The van der Waals surface area contributed by atoms with E-state index < -0.39 is 11.6 Å². The molecule has 4 aliphatic rings. The van der Waals surface area contributed by atoms with E-state index in [1.807, 2.05) is 128 Å². The molecule has 0 saturated carbocycles. The molecule has 0 fully saturated rings. The van der Waals surface area contributed by atoms with Gasteiger partial charge in [0.15, 0.2) is 5.71 Å². The van der Waals surface area contributed by atoms with Gasteiger partial charge in [0.1, 0.15) is 30.3 Å². The van der Waals surface area contributed by atoms with Crippen LogP contribution < -0.4 is 48.5 Å². The molecular formula is C76H88N9O4+. The molecule has 8 aromatic carbocycles. The maximum atomic E-state index is 13.1. The first-order valence-electron chi connectivity index (χ1n) is 31.2. The second kappa shape index (κ2) is 28.0. The molecule has 11 N–H and O–H groups in total. The molecule has 3 aliphatic heterocycles. The van der Waals surface area contributed by atoms with Crippen molar-refractivity contribution >= 4 is 90.3 Å². The van der Waals surface area contributed by atoms with Crippen molar-refractivity contribution in [1.82, 2.24) is 0 Å². The molecule has 13 nitrogen and oxygen atoms in total. The monoisotopic (exact) mass is 1190 g/mol. The quantitative estimate of drug-likeness (QED) is 0.0329. The predicted octanol–water partition coefficient (Wildman–Crippen LogP) is 16.7. The fraction of sp³-hybridized carbons (Fsp3) is 0.276. The van der Waals surface area contributed by atoms with Crippen molar-refractivity contribution in [2.24, 2.45) is 0 Å². The lowest BCUT2D eigenvalue weighted by Crippen LogP contribution is -2.49. The van der Waals surface area contributed by atoms with Crippen LogP contribution >= 0.6 is 0 Å². The van der Waals surface area contributed by atoms with E-state index in [1.165, 1.54) is 40.3 Å². The summed E-state index contributed by atoms with van der Waals surface area (Å²) in [6.07, 6.45) is 13.1. The summed E-state index contributed by atoms with van der Waals surface area (Å²) in [5.41, 5.74) is 37.6. The molecule has 1 aliphatic carbocycles. The number of ether oxygens (including phenoxy) is 2. The average molecular weight is 1190 g/mol. The first-order valence-corrected chi connectivity index (χ1v) is 31.2. The van der Waals surface area contributed by atoms with E-state index >= 15 is 0 Å². The molecular weight excluding hydrogens is 1100 g/mol. The van der Waals surface area contributed by atoms with E-state index in [0.29, 0.717) is 17.1 Å². The number of nitrogens with one attached hydrogen (secondary N) is 3. The number of nitrogen functional groups attached to an aromatic ring is 4. The van der Waals surface area contributed by atoms with E-state index in [9.17, 15) is 9.59 Å². The largest absolute Gasteiger partial charge is 0.461 e. The van der Waals surface area contributed by atoms with Crippen molar-refractivity contribution in [3.05, 3.63) is 228 Å². The van der Waals surface area contributed by atoms with Crippen molar-refractivity contribution in [2.75, 3.05) is 63.5 Å². The molecule has 12 rings (SSSR count). The molecule has 0 radical (unpaired) electrons. The Kier molecular flexibility index (Phi) is 20.0. The van der Waals surface area contributed by atoms with Crippen LogP contribution in [0.15, 0.2) is 217 Å². The minimum atomic E-state index is -0.748. The number of carbonyl (C=O) groups is 2. The van der Waals surface area contributed by atoms with Crippen LogP contribution in [0.4, 0.5) is 51.2 Å². The molecule has 460 valence electrons. The first kappa shape index (κ1) is 63.7. The number of nitrogens with zero attached hydrogens (tertiary/aromatic N) is 2. The lowest BCUT2D eigenvalue weighted by Gasteiger charge is -2.38. The summed E-state index contributed by atoms with van der Waals surface area (Å²) in [6, 6.07) is 55.6. The Morgan fingerprint density at radius 1 is 0.618 bits per heavy atom. The Balaban J connectivity index is 0.000000358. The van der Waals surface area contributed by atoms with Crippen LogP contribution in [0.25, 0.3) is 21.5 Å². The van der Waals surface area contributed by atoms with E-state index in [4.69, 9.17) is 32.4 Å². The van der Waals surface area contributed by atoms with Crippen LogP contribution in [0.2, 0.25) is 0 Å². The molecule has 1 atom stereocenters. The van der Waals surface area contributed by atoms with Gasteiger partial charge in [-0.05, 0) is 156 Å². The summed E-state index contributed by atoms with van der Waals surface area (Å²) < 4.78 is 15.0. The number of nitrogens with two attached hydrogens (primary N) is 4. The Morgan fingerprint density at radius 3 is 1.87 bits per heavy atom. The molecule has 1 unspecified atom stereocenters. The summed E-state index contributed by atoms with van der Waals surface area (Å²) in [6.45, 7) is 21.6. The number of rotatable bonds is 13. The highest BCUT2D eigenvalue weighted by molar-refractivity contribution is 6.10. The van der Waals surface area contributed by atoms with Gasteiger partial charge in [-0.15, -0.1) is 0 Å². The van der Waals surface area contributed by atoms with E-state index in [1.54, 1.807) is 0 Å². The van der Waals surface area contributed by atoms with Crippen molar-refractivity contribution in [3.8, 4) is 5.75 Å². The molecule has 0 bridgehead atoms. The van der Waals surface area contributed by atoms with Crippen LogP contribution in [0.3, 0.4) is 0 Å². The van der Waals surface area contributed by atoms with Gasteiger partial charge >= 0.3 is 5.97 Å². The summed E-state index contributed by atoms with van der Waals surface area (Å²) in [4.78, 5) is 28.4. The number of hydrogen-bond donors (Lipinski definition) is 7. The van der Waals surface area contributed by atoms with Crippen LogP contribution in [0.1, 0.15) is 112 Å². The number of benzene rings is 8. The van der Waals surface area contributed by atoms with Gasteiger partial charge in [0.2, 0.25) is 11.6 Å². The fourth-order valence-corrected chi connectivity index (χ4v) is 12.3. The smallest absolute Gasteiger partial charge is 0.306 e. The van der Waals surface area contributed by atoms with Gasteiger partial charge in [-0.1, -0.05) is 131 Å². The number of hydrogen-bond acceptors (Lipinski definition) is 11. The molecule has 89 heavy (non-hydrogen) atoms. The number of para-hydroxylation sites is 3. The maximum absolute atomic E-state index is 13.1. The minimum absolute atomic E-state index is 0.0178. The Labute approximate surface area is 525 Å². The number of esters is 1. The van der Waals surface area contributed by atoms with E-state index in [2.05, 4.69) is 154 Å². The lowest BCUT2D eigenvalue weighted by molar-refractivity contribution is -0.433. The molecule has 1 amide bonds. The minimum Gasteiger partial charge on any atom is -0.461 e. The maximum Gasteiger partial charge on any atom is 0.306 e. The highest BCUT2D eigenvalue weighted by Crippen LogP contribution is 2.48. The van der Waals surface area contributed by atoms with Gasteiger partial charge in [-0.3, -0.25) is 9.59 Å². The number of amides is 1. The highest BCUT2D eigenvalue weighted by atomic mass is 16.5. The topological polar surface area (TPSA) is 199 Å². The van der Waals surface area contributed by atoms with E-state index in [-0.39, 0.29) is 36.2 Å². The van der Waals surface area contributed by atoms with Gasteiger partial charge in [0, 0.05) is 109 Å². The lowest BCUT2D eigenvalue weighted by atomic mass is 9.81. The first-order chi connectivity index (χ1) is 42.8. The fourth-order valence-electron chi connectivity index (χ4n) is 12.3. The van der Waals surface area contributed by atoms with Crippen molar-refractivity contribution in [1.29, 1.82) is 0 Å². The summed E-state index contributed by atoms with van der Waals surface area (Å²) in [7, 11) is 0. The van der Waals surface area contributed by atoms with Gasteiger partial charge in [-0.25, -0.2) is 0 Å². The highest BCUT2D eigenvalue weighted by Gasteiger charge is 2.44. The van der Waals surface area contributed by atoms with Crippen LogP contribution in [-0.2, 0) is 25.2 Å². The van der Waals surface area contributed by atoms with Crippen molar-refractivity contribution in [2.45, 2.75) is 117 Å². The number of likely N-dealkylation sites (N-methyl/N-ethyl adjacent to an activating group) is 1. The Morgan fingerprint density at radius 2 is 1.21 bits per heavy atom. The SMILES string of the molecule is CCC.CCN1/C(=C/C=C2\CCCC(/C=C/C3=[N+](CC)c4ccccc4C3(C)C)=C2Oc2ccc(NC(=O)CCC(=O)OCC3(C)Nc4cccc5c(N)ccc(c45)N3)cc2)C(C)(C)c2ccccc21.Nc1ccc(N)c2ccccc12.Nc1ccccc1. The molecule has 8 aromatic rings. The van der Waals surface area contributed by atoms with E-state index in [0.717, 1.165) is 99.2 Å². The normalized spacial score (nSPS) is 17.5. The molecule has 13 heteroatoms. The van der Waals surface area contributed by atoms with Gasteiger partial charge in [0.25, 0.3) is 0 Å². The summed E-state index contributed by atoms with van der Waals surface area (Å²) in [5, 5.41) is 13.9. The zero-order chi connectivity index (χ0) is 63.5. The standard InChI is InChI=1S/C57H62N6O4.C10H10N2.C6H7N.C3H8/c1-8-62-47-22-12-10-19-42(47)55(3,4)49(62)32-24-37-16-14-17-38(25-33-50-56(5,6)43-20-11-13-23-48(43)63(50)9-2)54(37)67-40-28-26-39(27-29-40)59-51(64)34-35-52(65)66-36-57(7)60-45-21-15-18-41-44(58)30-31-46(61-57)53(41)45;11-9-5-6-10(12)8-4-2-1-3-7(8)9;7-6-4-2-1-3-5-6;1-3-2/h10-13,15,18-33,60-61H,8-9,14,16-17,34-36,58H2,1-7H3;1-6H,11-12H2;1-5H,7H2;3H2,1-2H3/p+1. The van der Waals surface area contributed by atoms with Crippen molar-refractivity contribution in [3.63, 3.8) is 0 Å². The number of anilines is 8. The third kappa shape index (κ3) is 14.3. The second-order valence-corrected chi connectivity index (χ2v) is 24.2. The predicted molar refractivity (Wildman–Crippen MR) is 373 cm³/mol. The number of allylic oxidation sites excluding steroid dienone is 7. The molecule has 3 heterocycles. The zero-order valence-electron chi connectivity index (χ0n) is 53.2. The van der Waals surface area contributed by atoms with Gasteiger partial charge < -0.3 is 53.3 Å². The van der Waals surface area contributed by atoms with Crippen molar-refractivity contribution < 1.29 is 23.6 Å². The second-order valence-electron chi connectivity index (χ2n) is 24.2. The number of fused-ring (bicyclic) bond motifs is 3. The summed E-state index contributed by atoms with van der Waals surface area (Å²) >= 11 is 0. The Hall–Kier alpha value is -9.75. The Bertz CT molecular complexity index is 3970. The van der Waals surface area contributed by atoms with Crippen LogP contribution in [0.5, 0.6) is 5.75 Å². The number of carbonyl (C=O) groups excluding carboxylic acids is 2. The van der Waals surface area contributed by atoms with Gasteiger partial charge in [-0.2, -0.15) is 4.58 Å². The molecule has 0 spiro atoms. The summed E-state index contributed by atoms with van der Waals surface area (Å²) in [5.74, 6) is 0.795. The zero-order valence-corrected chi connectivity index (χ0v) is 53.2. The van der Waals surface area contributed by atoms with Crippen LogP contribution in [0, 0.1) is 0 Å². The third-order valence-corrected chi connectivity index (χ3v) is 16.7. The van der Waals surface area contributed by atoms with Gasteiger partial charge in [0.05, 0.1) is 11.8 Å².